The van der Waals surface area contributed by atoms with Crippen LogP contribution in [-0.2, 0) is 9.59 Å². The van der Waals surface area contributed by atoms with Crippen molar-refractivity contribution in [3.63, 3.8) is 0 Å². The van der Waals surface area contributed by atoms with Crippen LogP contribution in [0, 0.1) is 24.0 Å². The normalized spacial score (nSPS) is 10.6. The minimum atomic E-state index is -0.541. The molecule has 2 aromatic rings. The van der Waals surface area contributed by atoms with Crippen LogP contribution in [0.5, 0.6) is 0 Å². The van der Waals surface area contributed by atoms with Gasteiger partial charge in [-0.2, -0.15) is 0 Å². The van der Waals surface area contributed by atoms with Crippen molar-refractivity contribution in [3.05, 3.63) is 62.1 Å². The molecule has 0 aliphatic rings. The Kier molecular flexibility index (Phi) is 7.24. The number of rotatable bonds is 7. The van der Waals surface area contributed by atoms with Crippen LogP contribution in [0.4, 0.5) is 17.1 Å². The lowest BCUT2D eigenvalue weighted by atomic mass is 10.2. The van der Waals surface area contributed by atoms with Crippen LogP contribution in [0.25, 0.3) is 0 Å². The van der Waals surface area contributed by atoms with Crippen molar-refractivity contribution in [2.45, 2.75) is 13.8 Å². The maximum Gasteiger partial charge on any atom is 0.293 e. The SMILES string of the molecule is Cc1ccc(NC(=O)CN(C)CC(=O)Nc2ccc(Br)cc2C)c([N+](=O)[O-])c1. The number of aryl methyl sites for hydroxylation is 2. The standard InChI is InChI=1S/C19H21BrN4O4/c1-12-4-6-16(17(8-12)24(27)28)22-19(26)11-23(3)10-18(25)21-15-7-5-14(20)9-13(15)2/h4-9H,10-11H2,1-3H3,(H,21,25)(H,22,26). The molecule has 0 unspecified atom stereocenters. The fourth-order valence-electron chi connectivity index (χ4n) is 2.59. The van der Waals surface area contributed by atoms with E-state index in [1.807, 2.05) is 19.1 Å². The molecular formula is C19H21BrN4O4. The van der Waals surface area contributed by atoms with E-state index in [2.05, 4.69) is 26.6 Å². The molecule has 2 rings (SSSR count). The first-order chi connectivity index (χ1) is 13.2. The molecule has 0 spiro atoms. The molecule has 0 fully saturated rings. The predicted molar refractivity (Wildman–Crippen MR) is 111 cm³/mol. The van der Waals surface area contributed by atoms with Crippen molar-refractivity contribution in [2.24, 2.45) is 0 Å². The quantitative estimate of drug-likeness (QED) is 0.498. The minimum Gasteiger partial charge on any atom is -0.325 e. The molecule has 2 N–H and O–H groups in total. The van der Waals surface area contributed by atoms with E-state index < -0.39 is 10.8 Å². The first kappa shape index (κ1) is 21.5. The third kappa shape index (κ3) is 6.14. The summed E-state index contributed by atoms with van der Waals surface area (Å²) in [5, 5.41) is 16.5. The number of nitrogens with zero attached hydrogens (tertiary/aromatic N) is 2. The lowest BCUT2D eigenvalue weighted by molar-refractivity contribution is -0.384. The van der Waals surface area contributed by atoms with Gasteiger partial charge in [0.25, 0.3) is 5.69 Å². The van der Waals surface area contributed by atoms with Gasteiger partial charge in [-0.15, -0.1) is 0 Å². The molecule has 0 aromatic heterocycles. The number of anilines is 2. The van der Waals surface area contributed by atoms with Crippen molar-refractivity contribution >= 4 is 44.8 Å². The third-order valence-electron chi connectivity index (χ3n) is 3.91. The number of halogens is 1. The number of hydrogen-bond acceptors (Lipinski definition) is 5. The molecule has 0 radical (unpaired) electrons. The molecule has 9 heteroatoms. The van der Waals surface area contributed by atoms with Gasteiger partial charge in [0.15, 0.2) is 0 Å². The van der Waals surface area contributed by atoms with E-state index in [-0.39, 0.29) is 30.4 Å². The summed E-state index contributed by atoms with van der Waals surface area (Å²) in [5.41, 5.74) is 2.29. The van der Waals surface area contributed by atoms with Crippen LogP contribution in [0.15, 0.2) is 40.9 Å². The van der Waals surface area contributed by atoms with Crippen molar-refractivity contribution < 1.29 is 14.5 Å². The van der Waals surface area contributed by atoms with Gasteiger partial charge in [-0.3, -0.25) is 24.6 Å². The van der Waals surface area contributed by atoms with Crippen molar-refractivity contribution in [2.75, 3.05) is 30.8 Å². The highest BCUT2D eigenvalue weighted by Crippen LogP contribution is 2.25. The maximum atomic E-state index is 12.2. The van der Waals surface area contributed by atoms with Gasteiger partial charge in [0.1, 0.15) is 5.69 Å². The van der Waals surface area contributed by atoms with Crippen molar-refractivity contribution in [3.8, 4) is 0 Å². The molecule has 28 heavy (non-hydrogen) atoms. The average molecular weight is 449 g/mol. The van der Waals surface area contributed by atoms with E-state index in [4.69, 9.17) is 0 Å². The molecule has 0 aliphatic carbocycles. The summed E-state index contributed by atoms with van der Waals surface area (Å²) in [6.45, 7) is 3.53. The summed E-state index contributed by atoms with van der Waals surface area (Å²) in [6, 6.07) is 10.1. The molecule has 148 valence electrons. The van der Waals surface area contributed by atoms with Gasteiger partial charge in [0, 0.05) is 16.2 Å². The van der Waals surface area contributed by atoms with E-state index in [0.717, 1.165) is 15.6 Å². The second-order valence-corrected chi connectivity index (χ2v) is 7.42. The Labute approximate surface area is 171 Å². The average Bonchev–Trinajstić information content (AvgIpc) is 2.58. The zero-order valence-electron chi connectivity index (χ0n) is 15.8. The Morgan fingerprint density at radius 2 is 1.61 bits per heavy atom. The smallest absolute Gasteiger partial charge is 0.293 e. The van der Waals surface area contributed by atoms with E-state index >= 15 is 0 Å². The van der Waals surface area contributed by atoms with Crippen LogP contribution in [0.2, 0.25) is 0 Å². The number of nitrogens with one attached hydrogen (secondary N) is 2. The van der Waals surface area contributed by atoms with Gasteiger partial charge in [0.05, 0.1) is 18.0 Å². The van der Waals surface area contributed by atoms with Crippen LogP contribution in [-0.4, -0.2) is 41.8 Å². The Balaban J connectivity index is 1.92. The number of likely N-dealkylation sites (N-methyl/N-ethyl adjacent to an activating group) is 1. The molecule has 2 aromatic carbocycles. The van der Waals surface area contributed by atoms with Gasteiger partial charge in [-0.25, -0.2) is 0 Å². The van der Waals surface area contributed by atoms with Gasteiger partial charge in [-0.1, -0.05) is 22.0 Å². The fraction of sp³-hybridized carbons (Fsp3) is 0.263. The fourth-order valence-corrected chi connectivity index (χ4v) is 3.07. The molecule has 0 heterocycles. The summed E-state index contributed by atoms with van der Waals surface area (Å²) >= 11 is 3.37. The summed E-state index contributed by atoms with van der Waals surface area (Å²) in [5.74, 6) is -0.705. The van der Waals surface area contributed by atoms with Crippen LogP contribution >= 0.6 is 15.9 Å². The maximum absolute atomic E-state index is 12.2. The third-order valence-corrected chi connectivity index (χ3v) is 4.41. The Morgan fingerprint density at radius 3 is 2.18 bits per heavy atom. The van der Waals surface area contributed by atoms with Gasteiger partial charge in [-0.05, 0) is 56.3 Å². The van der Waals surface area contributed by atoms with Crippen LogP contribution in [0.3, 0.4) is 0 Å². The van der Waals surface area contributed by atoms with Crippen LogP contribution < -0.4 is 10.6 Å². The Hall–Kier alpha value is -2.78. The molecular weight excluding hydrogens is 428 g/mol. The minimum absolute atomic E-state index is 0.00108. The highest BCUT2D eigenvalue weighted by Gasteiger charge is 2.17. The first-order valence-corrected chi connectivity index (χ1v) is 9.24. The number of hydrogen-bond donors (Lipinski definition) is 2. The number of nitro benzene ring substituents is 1. The molecule has 0 aliphatic heterocycles. The van der Waals surface area contributed by atoms with Gasteiger partial charge < -0.3 is 10.6 Å². The predicted octanol–water partition coefficient (Wildman–Crippen LogP) is 3.48. The van der Waals surface area contributed by atoms with Gasteiger partial charge in [0.2, 0.25) is 11.8 Å². The number of benzene rings is 2. The second kappa shape index (κ2) is 9.43. The first-order valence-electron chi connectivity index (χ1n) is 8.45. The largest absolute Gasteiger partial charge is 0.325 e. The van der Waals surface area contributed by atoms with E-state index in [9.17, 15) is 19.7 Å². The Morgan fingerprint density at radius 1 is 1.04 bits per heavy atom. The molecule has 2 amide bonds. The number of carbonyl (C=O) groups is 2. The number of carbonyl (C=O) groups excluding carboxylic acids is 2. The summed E-state index contributed by atoms with van der Waals surface area (Å²) in [6.07, 6.45) is 0. The van der Waals surface area contributed by atoms with Crippen molar-refractivity contribution in [1.82, 2.24) is 4.90 Å². The molecule has 0 saturated heterocycles. The number of amides is 2. The highest BCUT2D eigenvalue weighted by atomic mass is 79.9. The summed E-state index contributed by atoms with van der Waals surface area (Å²) < 4.78 is 0.919. The summed E-state index contributed by atoms with van der Waals surface area (Å²) in [4.78, 5) is 36.5. The topological polar surface area (TPSA) is 105 Å². The summed E-state index contributed by atoms with van der Waals surface area (Å²) in [7, 11) is 1.62. The van der Waals surface area contributed by atoms with E-state index in [1.165, 1.54) is 17.0 Å². The van der Waals surface area contributed by atoms with E-state index in [0.29, 0.717) is 5.69 Å². The second-order valence-electron chi connectivity index (χ2n) is 6.51. The van der Waals surface area contributed by atoms with Crippen LogP contribution in [0.1, 0.15) is 11.1 Å². The zero-order valence-corrected chi connectivity index (χ0v) is 17.4. The molecule has 0 bridgehead atoms. The molecule has 0 saturated carbocycles. The van der Waals surface area contributed by atoms with E-state index in [1.54, 1.807) is 26.1 Å². The lowest BCUT2D eigenvalue weighted by Gasteiger charge is -2.17. The molecule has 8 nitrogen and oxygen atoms in total. The Bertz CT molecular complexity index is 917. The zero-order chi connectivity index (χ0) is 20.8. The highest BCUT2D eigenvalue weighted by molar-refractivity contribution is 9.10. The monoisotopic (exact) mass is 448 g/mol. The molecule has 0 atom stereocenters. The van der Waals surface area contributed by atoms with Crippen molar-refractivity contribution in [1.29, 1.82) is 0 Å². The number of nitro groups is 1. The van der Waals surface area contributed by atoms with Gasteiger partial charge >= 0.3 is 0 Å². The lowest BCUT2D eigenvalue weighted by Crippen LogP contribution is -2.36.